The first-order chi connectivity index (χ1) is 8.28. The van der Waals surface area contributed by atoms with Crippen LogP contribution in [0.4, 0.5) is 15.8 Å². The number of azo groups is 1. The third-order valence-electron chi connectivity index (χ3n) is 2.14. The van der Waals surface area contributed by atoms with Crippen LogP contribution in [0.15, 0.2) is 58.8 Å². The van der Waals surface area contributed by atoms with E-state index in [9.17, 15) is 9.18 Å². The molecule has 0 saturated heterocycles. The van der Waals surface area contributed by atoms with E-state index >= 15 is 0 Å². The van der Waals surface area contributed by atoms with Crippen LogP contribution in [-0.4, -0.2) is 6.29 Å². The predicted octanol–water partition coefficient (Wildman–Crippen LogP) is 4.05. The molecule has 17 heavy (non-hydrogen) atoms. The maximum Gasteiger partial charge on any atom is 0.150 e. The van der Waals surface area contributed by atoms with Crippen LogP contribution in [0, 0.1) is 5.82 Å². The number of benzene rings is 2. The van der Waals surface area contributed by atoms with Crippen LogP contribution in [-0.2, 0) is 0 Å². The summed E-state index contributed by atoms with van der Waals surface area (Å²) in [6, 6.07) is 12.4. The average molecular weight is 228 g/mol. The van der Waals surface area contributed by atoms with Crippen LogP contribution in [0.5, 0.6) is 0 Å². The van der Waals surface area contributed by atoms with Gasteiger partial charge in [-0.05, 0) is 48.5 Å². The Labute approximate surface area is 97.6 Å². The molecule has 0 bridgehead atoms. The molecule has 2 aromatic carbocycles. The fourth-order valence-corrected chi connectivity index (χ4v) is 1.24. The highest BCUT2D eigenvalue weighted by atomic mass is 19.1. The number of rotatable bonds is 3. The minimum atomic E-state index is -0.306. The molecule has 0 heterocycles. The van der Waals surface area contributed by atoms with Gasteiger partial charge in [-0.2, -0.15) is 10.2 Å². The van der Waals surface area contributed by atoms with Gasteiger partial charge in [0.1, 0.15) is 12.1 Å². The second-order valence-corrected chi connectivity index (χ2v) is 3.39. The number of carbonyl (C=O) groups excluding carboxylic acids is 1. The number of hydrogen-bond acceptors (Lipinski definition) is 3. The summed E-state index contributed by atoms with van der Waals surface area (Å²) in [6.45, 7) is 0. The smallest absolute Gasteiger partial charge is 0.150 e. The van der Waals surface area contributed by atoms with Crippen molar-refractivity contribution in [2.75, 3.05) is 0 Å². The van der Waals surface area contributed by atoms with Gasteiger partial charge in [-0.1, -0.05) is 0 Å². The standard InChI is InChI=1S/C13H9FN2O/c14-11-3-7-13(8-4-11)16-15-12-5-1-10(9-17)2-6-12/h1-9H. The first-order valence-corrected chi connectivity index (χ1v) is 5.00. The Morgan fingerprint density at radius 3 is 1.76 bits per heavy atom. The van der Waals surface area contributed by atoms with Crippen molar-refractivity contribution in [1.82, 2.24) is 0 Å². The molecular formula is C13H9FN2O. The van der Waals surface area contributed by atoms with Gasteiger partial charge in [-0.15, -0.1) is 0 Å². The predicted molar refractivity (Wildman–Crippen MR) is 62.4 cm³/mol. The van der Waals surface area contributed by atoms with Crippen molar-refractivity contribution in [3.63, 3.8) is 0 Å². The van der Waals surface area contributed by atoms with E-state index in [1.165, 1.54) is 12.1 Å². The highest BCUT2D eigenvalue weighted by Crippen LogP contribution is 2.18. The van der Waals surface area contributed by atoms with E-state index in [0.29, 0.717) is 16.9 Å². The molecule has 0 spiro atoms. The first-order valence-electron chi connectivity index (χ1n) is 5.00. The molecule has 0 saturated carbocycles. The molecule has 0 aliphatic rings. The van der Waals surface area contributed by atoms with Crippen molar-refractivity contribution in [2.45, 2.75) is 0 Å². The SMILES string of the molecule is O=Cc1ccc(N=Nc2ccc(F)cc2)cc1. The van der Waals surface area contributed by atoms with Crippen molar-refractivity contribution in [3.05, 3.63) is 59.9 Å². The summed E-state index contributed by atoms with van der Waals surface area (Å²) in [4.78, 5) is 10.4. The largest absolute Gasteiger partial charge is 0.298 e. The lowest BCUT2D eigenvalue weighted by Crippen LogP contribution is -1.75. The Balaban J connectivity index is 2.14. The van der Waals surface area contributed by atoms with E-state index in [4.69, 9.17) is 0 Å². The first kappa shape index (κ1) is 11.1. The molecule has 4 heteroatoms. The molecule has 2 rings (SSSR count). The zero-order valence-electron chi connectivity index (χ0n) is 8.88. The van der Waals surface area contributed by atoms with Gasteiger partial charge < -0.3 is 0 Å². The summed E-state index contributed by atoms with van der Waals surface area (Å²) in [5.41, 5.74) is 1.80. The maximum absolute atomic E-state index is 12.6. The van der Waals surface area contributed by atoms with Gasteiger partial charge in [0, 0.05) is 5.56 Å². The number of halogens is 1. The molecule has 0 N–H and O–H groups in total. The van der Waals surface area contributed by atoms with Gasteiger partial charge in [0.15, 0.2) is 0 Å². The minimum Gasteiger partial charge on any atom is -0.298 e. The van der Waals surface area contributed by atoms with Crippen LogP contribution in [0.2, 0.25) is 0 Å². The fraction of sp³-hybridized carbons (Fsp3) is 0. The second-order valence-electron chi connectivity index (χ2n) is 3.39. The summed E-state index contributed by atoms with van der Waals surface area (Å²) in [5.74, 6) is -0.306. The lowest BCUT2D eigenvalue weighted by molar-refractivity contribution is 0.112. The summed E-state index contributed by atoms with van der Waals surface area (Å²) in [7, 11) is 0. The number of aldehydes is 1. The highest BCUT2D eigenvalue weighted by Gasteiger charge is 1.93. The zero-order valence-corrected chi connectivity index (χ0v) is 8.88. The molecule has 0 aliphatic carbocycles. The van der Waals surface area contributed by atoms with Crippen LogP contribution < -0.4 is 0 Å². The normalized spacial score (nSPS) is 10.6. The van der Waals surface area contributed by atoms with Crippen molar-refractivity contribution < 1.29 is 9.18 Å². The lowest BCUT2D eigenvalue weighted by Gasteiger charge is -1.94. The topological polar surface area (TPSA) is 41.8 Å². The van der Waals surface area contributed by atoms with E-state index in [1.54, 1.807) is 36.4 Å². The maximum atomic E-state index is 12.6. The molecule has 0 aromatic heterocycles. The van der Waals surface area contributed by atoms with E-state index in [-0.39, 0.29) is 5.82 Å². The Morgan fingerprint density at radius 2 is 1.29 bits per heavy atom. The third kappa shape index (κ3) is 3.04. The summed E-state index contributed by atoms with van der Waals surface area (Å²) in [5, 5.41) is 7.91. The van der Waals surface area contributed by atoms with Crippen LogP contribution in [0.1, 0.15) is 10.4 Å². The van der Waals surface area contributed by atoms with Gasteiger partial charge >= 0.3 is 0 Å². The molecule has 0 unspecified atom stereocenters. The average Bonchev–Trinajstić information content (AvgIpc) is 2.39. The molecule has 84 valence electrons. The van der Waals surface area contributed by atoms with Crippen molar-refractivity contribution in [3.8, 4) is 0 Å². The van der Waals surface area contributed by atoms with E-state index < -0.39 is 0 Å². The molecule has 3 nitrogen and oxygen atoms in total. The molecule has 0 atom stereocenters. The second kappa shape index (κ2) is 5.12. The molecular weight excluding hydrogens is 219 g/mol. The Kier molecular flexibility index (Phi) is 3.35. The Morgan fingerprint density at radius 1 is 0.824 bits per heavy atom. The third-order valence-corrected chi connectivity index (χ3v) is 2.14. The lowest BCUT2D eigenvalue weighted by atomic mass is 10.2. The quantitative estimate of drug-likeness (QED) is 0.577. The van der Waals surface area contributed by atoms with Crippen LogP contribution >= 0.6 is 0 Å². The van der Waals surface area contributed by atoms with E-state index in [2.05, 4.69) is 10.2 Å². The van der Waals surface area contributed by atoms with E-state index in [0.717, 1.165) is 6.29 Å². The van der Waals surface area contributed by atoms with Gasteiger partial charge in [-0.25, -0.2) is 4.39 Å². The number of nitrogens with zero attached hydrogens (tertiary/aromatic N) is 2. The summed E-state index contributed by atoms with van der Waals surface area (Å²) >= 11 is 0. The van der Waals surface area contributed by atoms with Crippen LogP contribution in [0.25, 0.3) is 0 Å². The molecule has 0 radical (unpaired) electrons. The molecule has 0 amide bonds. The Bertz CT molecular complexity index is 532. The number of hydrogen-bond donors (Lipinski definition) is 0. The molecule has 2 aromatic rings. The minimum absolute atomic E-state index is 0.306. The Hall–Kier alpha value is -2.36. The zero-order chi connectivity index (χ0) is 12.1. The van der Waals surface area contributed by atoms with Crippen molar-refractivity contribution in [1.29, 1.82) is 0 Å². The fourth-order valence-electron chi connectivity index (χ4n) is 1.24. The molecule has 0 aliphatic heterocycles. The monoisotopic (exact) mass is 228 g/mol. The highest BCUT2D eigenvalue weighted by molar-refractivity contribution is 5.75. The van der Waals surface area contributed by atoms with Crippen LogP contribution in [0.3, 0.4) is 0 Å². The summed E-state index contributed by atoms with van der Waals surface area (Å²) < 4.78 is 12.6. The van der Waals surface area contributed by atoms with Gasteiger partial charge in [0.2, 0.25) is 0 Å². The van der Waals surface area contributed by atoms with E-state index in [1.807, 2.05) is 0 Å². The van der Waals surface area contributed by atoms with Gasteiger partial charge in [-0.3, -0.25) is 4.79 Å². The van der Waals surface area contributed by atoms with Crippen molar-refractivity contribution >= 4 is 17.7 Å². The van der Waals surface area contributed by atoms with Crippen molar-refractivity contribution in [2.24, 2.45) is 10.2 Å². The van der Waals surface area contributed by atoms with Gasteiger partial charge in [0.25, 0.3) is 0 Å². The molecule has 0 fully saturated rings. The summed E-state index contributed by atoms with van der Waals surface area (Å²) in [6.07, 6.45) is 0.765. The number of carbonyl (C=O) groups is 1. The van der Waals surface area contributed by atoms with Gasteiger partial charge in [0.05, 0.1) is 11.4 Å².